The van der Waals surface area contributed by atoms with Crippen LogP contribution in [0.15, 0.2) is 42.5 Å². The minimum absolute atomic E-state index is 0.152. The number of aryl methyl sites for hydroxylation is 3. The van der Waals surface area contributed by atoms with Crippen LogP contribution >= 0.6 is 0 Å². The Kier molecular flexibility index (Phi) is 9.99. The largest absolute Gasteiger partial charge is 0.493 e. The number of ether oxygens (including phenoxy) is 1. The fourth-order valence-electron chi connectivity index (χ4n) is 4.45. The van der Waals surface area contributed by atoms with Gasteiger partial charge in [0.15, 0.2) is 0 Å². The van der Waals surface area contributed by atoms with E-state index in [-0.39, 0.29) is 11.8 Å². The third-order valence-electron chi connectivity index (χ3n) is 6.80. The maximum Gasteiger partial charge on any atom is 0.223 e. The molecular formula is C29H41N3O2. The number of imidazole rings is 1. The van der Waals surface area contributed by atoms with E-state index in [0.29, 0.717) is 6.61 Å². The van der Waals surface area contributed by atoms with Gasteiger partial charge in [0.2, 0.25) is 5.91 Å². The number of nitrogens with one attached hydrogen (secondary N) is 1. The Bertz CT molecular complexity index is 1050. The zero-order valence-electron chi connectivity index (χ0n) is 21.4. The Labute approximate surface area is 204 Å². The monoisotopic (exact) mass is 463 g/mol. The molecule has 0 saturated carbocycles. The minimum Gasteiger partial charge on any atom is -0.493 e. The molecule has 0 bridgehead atoms. The van der Waals surface area contributed by atoms with Gasteiger partial charge in [-0.2, -0.15) is 0 Å². The number of hydrogen-bond acceptors (Lipinski definition) is 3. The van der Waals surface area contributed by atoms with Crippen molar-refractivity contribution in [1.29, 1.82) is 0 Å². The summed E-state index contributed by atoms with van der Waals surface area (Å²) in [5, 5.41) is 3.10. The van der Waals surface area contributed by atoms with Crippen molar-refractivity contribution < 1.29 is 9.53 Å². The second-order valence-electron chi connectivity index (χ2n) is 9.18. The number of amides is 1. The van der Waals surface area contributed by atoms with Crippen molar-refractivity contribution >= 4 is 16.9 Å². The molecule has 0 fully saturated rings. The van der Waals surface area contributed by atoms with E-state index < -0.39 is 0 Å². The maximum atomic E-state index is 12.1. The average Bonchev–Trinajstić information content (AvgIpc) is 3.19. The van der Waals surface area contributed by atoms with E-state index in [4.69, 9.17) is 9.72 Å². The van der Waals surface area contributed by atoms with Crippen LogP contribution in [-0.2, 0) is 17.8 Å². The molecule has 0 radical (unpaired) electrons. The second kappa shape index (κ2) is 13.2. The number of para-hydroxylation sites is 2. The van der Waals surface area contributed by atoms with Crippen LogP contribution in [0.4, 0.5) is 0 Å². The Morgan fingerprint density at radius 3 is 2.59 bits per heavy atom. The Morgan fingerprint density at radius 2 is 1.79 bits per heavy atom. The fraction of sp³-hybridized carbons (Fsp3) is 0.517. The van der Waals surface area contributed by atoms with Gasteiger partial charge in [-0.3, -0.25) is 4.79 Å². The van der Waals surface area contributed by atoms with Crippen LogP contribution in [0, 0.1) is 19.8 Å². The van der Waals surface area contributed by atoms with E-state index in [1.54, 1.807) is 0 Å². The summed E-state index contributed by atoms with van der Waals surface area (Å²) in [6, 6.07) is 14.6. The van der Waals surface area contributed by atoms with Gasteiger partial charge in [-0.15, -0.1) is 0 Å². The summed E-state index contributed by atoms with van der Waals surface area (Å²) < 4.78 is 8.44. The zero-order valence-corrected chi connectivity index (χ0v) is 21.4. The zero-order chi connectivity index (χ0) is 24.3. The van der Waals surface area contributed by atoms with Gasteiger partial charge in [0, 0.05) is 25.4 Å². The van der Waals surface area contributed by atoms with E-state index in [9.17, 15) is 4.79 Å². The van der Waals surface area contributed by atoms with Crippen molar-refractivity contribution in [3.8, 4) is 5.75 Å². The first-order chi connectivity index (χ1) is 16.5. The highest BCUT2D eigenvalue weighted by atomic mass is 16.5. The number of unbranched alkanes of at least 4 members (excludes halogenated alkanes) is 2. The molecule has 0 spiro atoms. The van der Waals surface area contributed by atoms with Gasteiger partial charge in [0.05, 0.1) is 17.6 Å². The quantitative estimate of drug-likeness (QED) is 0.282. The molecule has 0 aliphatic heterocycles. The number of aromatic nitrogens is 2. The van der Waals surface area contributed by atoms with Gasteiger partial charge in [-0.25, -0.2) is 4.98 Å². The van der Waals surface area contributed by atoms with Crippen molar-refractivity contribution in [1.82, 2.24) is 14.9 Å². The predicted molar refractivity (Wildman–Crippen MR) is 140 cm³/mol. The summed E-state index contributed by atoms with van der Waals surface area (Å²) >= 11 is 0. The van der Waals surface area contributed by atoms with Crippen molar-refractivity contribution in [2.75, 3.05) is 13.2 Å². The summed E-state index contributed by atoms with van der Waals surface area (Å²) in [7, 11) is 0. The van der Waals surface area contributed by atoms with Crippen LogP contribution in [0.25, 0.3) is 11.0 Å². The van der Waals surface area contributed by atoms with Crippen molar-refractivity contribution in [2.24, 2.45) is 5.92 Å². The third-order valence-corrected chi connectivity index (χ3v) is 6.80. The number of carbonyl (C=O) groups is 1. The summed E-state index contributed by atoms with van der Waals surface area (Å²) in [5.41, 5.74) is 4.73. The average molecular weight is 464 g/mol. The molecule has 5 heteroatoms. The molecule has 1 amide bonds. The van der Waals surface area contributed by atoms with E-state index in [0.717, 1.165) is 75.1 Å². The molecule has 5 nitrogen and oxygen atoms in total. The summed E-state index contributed by atoms with van der Waals surface area (Å²) in [4.78, 5) is 17.0. The lowest BCUT2D eigenvalue weighted by Gasteiger charge is -2.13. The Balaban J connectivity index is 1.49. The molecule has 0 unspecified atom stereocenters. The van der Waals surface area contributed by atoms with E-state index in [1.165, 1.54) is 16.6 Å². The molecule has 2 aromatic carbocycles. The van der Waals surface area contributed by atoms with Crippen LogP contribution in [0.1, 0.15) is 69.3 Å². The molecule has 184 valence electrons. The number of benzene rings is 2. The highest BCUT2D eigenvalue weighted by Crippen LogP contribution is 2.22. The lowest BCUT2D eigenvalue weighted by atomic mass is 10.0. The highest BCUT2D eigenvalue weighted by Gasteiger charge is 2.13. The molecule has 0 atom stereocenters. The van der Waals surface area contributed by atoms with Crippen molar-refractivity contribution in [2.45, 2.75) is 79.2 Å². The topological polar surface area (TPSA) is 56.2 Å². The van der Waals surface area contributed by atoms with E-state index >= 15 is 0 Å². The molecule has 1 N–H and O–H groups in total. The maximum absolute atomic E-state index is 12.1. The molecule has 1 aromatic heterocycles. The van der Waals surface area contributed by atoms with Crippen LogP contribution in [0.5, 0.6) is 5.75 Å². The summed E-state index contributed by atoms with van der Waals surface area (Å²) in [5.74, 6) is 2.48. The number of fused-ring (bicyclic) bond motifs is 1. The van der Waals surface area contributed by atoms with Gasteiger partial charge in [-0.05, 0) is 75.3 Å². The third kappa shape index (κ3) is 6.85. The van der Waals surface area contributed by atoms with Gasteiger partial charge in [-0.1, -0.05) is 44.5 Å². The molecule has 0 aliphatic rings. The summed E-state index contributed by atoms with van der Waals surface area (Å²) in [6.07, 6.45) is 6.87. The predicted octanol–water partition coefficient (Wildman–Crippen LogP) is 6.39. The van der Waals surface area contributed by atoms with Crippen LogP contribution < -0.4 is 10.1 Å². The van der Waals surface area contributed by atoms with Gasteiger partial charge >= 0.3 is 0 Å². The van der Waals surface area contributed by atoms with Crippen molar-refractivity contribution in [3.05, 3.63) is 59.4 Å². The SMILES string of the molecule is CCC(CC)C(=O)NCCCCCc1nc2ccccc2n1CCCOc1cccc(C)c1C. The van der Waals surface area contributed by atoms with Crippen molar-refractivity contribution in [3.63, 3.8) is 0 Å². The van der Waals surface area contributed by atoms with Gasteiger partial charge in [0.25, 0.3) is 0 Å². The fourth-order valence-corrected chi connectivity index (χ4v) is 4.45. The second-order valence-corrected chi connectivity index (χ2v) is 9.18. The molecule has 0 saturated heterocycles. The lowest BCUT2D eigenvalue weighted by Crippen LogP contribution is -2.30. The molecule has 0 aliphatic carbocycles. The van der Waals surface area contributed by atoms with Crippen LogP contribution in [0.3, 0.4) is 0 Å². The number of carbonyl (C=O) groups excluding carboxylic acids is 1. The normalized spacial score (nSPS) is 11.3. The van der Waals surface area contributed by atoms with E-state index in [2.05, 4.69) is 74.0 Å². The lowest BCUT2D eigenvalue weighted by molar-refractivity contribution is -0.125. The first-order valence-electron chi connectivity index (χ1n) is 13.0. The number of rotatable bonds is 14. The first-order valence-corrected chi connectivity index (χ1v) is 13.0. The van der Waals surface area contributed by atoms with Gasteiger partial charge < -0.3 is 14.6 Å². The Hall–Kier alpha value is -2.82. The number of hydrogen-bond donors (Lipinski definition) is 1. The number of nitrogens with zero attached hydrogens (tertiary/aromatic N) is 2. The highest BCUT2D eigenvalue weighted by molar-refractivity contribution is 5.78. The molecule has 34 heavy (non-hydrogen) atoms. The van der Waals surface area contributed by atoms with Crippen LogP contribution in [-0.4, -0.2) is 28.6 Å². The van der Waals surface area contributed by atoms with E-state index in [1.807, 2.05) is 6.07 Å². The van der Waals surface area contributed by atoms with Crippen LogP contribution in [0.2, 0.25) is 0 Å². The molecule has 3 rings (SSSR count). The Morgan fingerprint density at radius 1 is 1.00 bits per heavy atom. The minimum atomic E-state index is 0.152. The molecule has 3 aromatic rings. The molecule has 1 heterocycles. The standard InChI is InChI=1S/C29H41N3O2/c1-5-24(6-2)29(33)30-19-11-7-8-18-28-31-25-15-9-10-16-26(25)32(28)20-13-21-34-27-17-12-14-22(3)23(27)4/h9-10,12,14-17,24H,5-8,11,13,18-21H2,1-4H3,(H,30,33). The summed E-state index contributed by atoms with van der Waals surface area (Å²) in [6.45, 7) is 10.7. The smallest absolute Gasteiger partial charge is 0.223 e. The van der Waals surface area contributed by atoms with Gasteiger partial charge in [0.1, 0.15) is 11.6 Å². The molecular weight excluding hydrogens is 422 g/mol. The first kappa shape index (κ1) is 25.8.